The minimum atomic E-state index is -0.0113. The first-order valence-electron chi connectivity index (χ1n) is 10.3. The van der Waals surface area contributed by atoms with Gasteiger partial charge in [0.05, 0.1) is 0 Å². The summed E-state index contributed by atoms with van der Waals surface area (Å²) in [4.78, 5) is 14.2. The first-order valence-corrected chi connectivity index (χ1v) is 10.3. The monoisotopic (exact) mass is 418 g/mol. The van der Waals surface area contributed by atoms with E-state index in [1.807, 2.05) is 38.4 Å². The van der Waals surface area contributed by atoms with Crippen LogP contribution in [0, 0.1) is 0 Å². The van der Waals surface area contributed by atoms with Crippen molar-refractivity contribution in [3.05, 3.63) is 64.3 Å². The minimum absolute atomic E-state index is 0. The van der Waals surface area contributed by atoms with Crippen LogP contribution in [0.5, 0.6) is 0 Å². The zero-order valence-electron chi connectivity index (χ0n) is 19.0. The normalized spacial score (nSPS) is 11.8. The molecule has 162 valence electrons. The van der Waals surface area contributed by atoms with Gasteiger partial charge in [0.25, 0.3) is 5.91 Å². The summed E-state index contributed by atoms with van der Waals surface area (Å²) in [6.45, 7) is 10.2. The first-order chi connectivity index (χ1) is 13.3. The van der Waals surface area contributed by atoms with E-state index in [1.54, 1.807) is 0 Å². The van der Waals surface area contributed by atoms with Crippen molar-refractivity contribution in [2.75, 3.05) is 27.2 Å². The highest BCUT2D eigenvalue weighted by atomic mass is 35.5. The van der Waals surface area contributed by atoms with Crippen molar-refractivity contribution >= 4 is 24.4 Å². The molecule has 1 N–H and O–H groups in total. The second kappa shape index (κ2) is 15.1. The van der Waals surface area contributed by atoms with Crippen LogP contribution in [0.15, 0.2) is 53.1 Å². The number of allylic oxidation sites excluding steroid dienone is 5. The van der Waals surface area contributed by atoms with Gasteiger partial charge in [0.15, 0.2) is 0 Å². The van der Waals surface area contributed by atoms with E-state index in [0.29, 0.717) is 12.1 Å². The maximum Gasteiger partial charge on any atom is 0.251 e. The fourth-order valence-corrected chi connectivity index (χ4v) is 2.82. The van der Waals surface area contributed by atoms with Crippen LogP contribution in [-0.2, 0) is 0 Å². The minimum Gasteiger partial charge on any atom is -0.351 e. The van der Waals surface area contributed by atoms with Crippen LogP contribution in [0.25, 0.3) is 6.08 Å². The van der Waals surface area contributed by atoms with Crippen LogP contribution >= 0.6 is 12.4 Å². The highest BCUT2D eigenvalue weighted by Gasteiger charge is 2.04. The number of likely N-dealkylation sites (N-methyl/N-ethyl adjacent to an activating group) is 1. The number of halogens is 1. The Bertz CT molecular complexity index is 696. The quantitative estimate of drug-likeness (QED) is 0.429. The molecule has 1 amide bonds. The number of nitrogens with one attached hydrogen (secondary N) is 1. The average molecular weight is 419 g/mol. The molecule has 29 heavy (non-hydrogen) atoms. The van der Waals surface area contributed by atoms with E-state index in [1.165, 1.54) is 16.7 Å². The molecule has 1 aromatic carbocycles. The molecule has 4 heteroatoms. The van der Waals surface area contributed by atoms with Gasteiger partial charge in [-0.25, -0.2) is 0 Å². The number of amides is 1. The molecule has 0 saturated carbocycles. The van der Waals surface area contributed by atoms with E-state index < -0.39 is 0 Å². The molecule has 0 spiro atoms. The number of hydrogen-bond donors (Lipinski definition) is 1. The number of nitrogens with zero attached hydrogens (tertiary/aromatic N) is 1. The molecule has 1 rings (SSSR count). The molecule has 1 aromatic rings. The van der Waals surface area contributed by atoms with Gasteiger partial charge in [-0.05, 0) is 85.2 Å². The van der Waals surface area contributed by atoms with Gasteiger partial charge in [0.2, 0.25) is 0 Å². The molecule has 0 aliphatic heterocycles. The fraction of sp³-hybridized carbons (Fsp3) is 0.480. The largest absolute Gasteiger partial charge is 0.351 e. The van der Waals surface area contributed by atoms with Crippen LogP contribution in [0.4, 0.5) is 0 Å². The molecule has 0 radical (unpaired) electrons. The smallest absolute Gasteiger partial charge is 0.251 e. The maximum atomic E-state index is 12.1. The summed E-state index contributed by atoms with van der Waals surface area (Å²) in [5, 5.41) is 2.94. The van der Waals surface area contributed by atoms with E-state index in [-0.39, 0.29) is 18.3 Å². The Morgan fingerprint density at radius 2 is 1.52 bits per heavy atom. The zero-order valence-corrected chi connectivity index (χ0v) is 19.9. The lowest BCUT2D eigenvalue weighted by atomic mass is 10.0. The van der Waals surface area contributed by atoms with Crippen molar-refractivity contribution < 1.29 is 4.79 Å². The fourth-order valence-electron chi connectivity index (χ4n) is 2.82. The third-order valence-corrected chi connectivity index (χ3v) is 4.55. The van der Waals surface area contributed by atoms with Gasteiger partial charge in [-0.1, -0.05) is 47.1 Å². The van der Waals surface area contributed by atoms with Gasteiger partial charge in [-0.15, -0.1) is 12.4 Å². The predicted molar refractivity (Wildman–Crippen MR) is 130 cm³/mol. The number of hydrogen-bond acceptors (Lipinski definition) is 2. The summed E-state index contributed by atoms with van der Waals surface area (Å²) >= 11 is 0. The zero-order chi connectivity index (χ0) is 20.9. The Kier molecular flexibility index (Phi) is 14.1. The van der Waals surface area contributed by atoms with Gasteiger partial charge in [-0.2, -0.15) is 0 Å². The van der Waals surface area contributed by atoms with Crippen molar-refractivity contribution in [2.24, 2.45) is 0 Å². The van der Waals surface area contributed by atoms with E-state index in [0.717, 1.165) is 37.8 Å². The summed E-state index contributed by atoms with van der Waals surface area (Å²) in [7, 11) is 3.99. The summed E-state index contributed by atoms with van der Waals surface area (Å²) in [5.41, 5.74) is 6.07. The van der Waals surface area contributed by atoms with Gasteiger partial charge in [-0.3, -0.25) is 4.79 Å². The van der Waals surface area contributed by atoms with Gasteiger partial charge in [0.1, 0.15) is 0 Å². The van der Waals surface area contributed by atoms with Crippen molar-refractivity contribution in [2.45, 2.75) is 53.4 Å². The van der Waals surface area contributed by atoms with E-state index in [9.17, 15) is 4.79 Å². The Morgan fingerprint density at radius 3 is 2.10 bits per heavy atom. The van der Waals surface area contributed by atoms with Crippen LogP contribution < -0.4 is 5.32 Å². The summed E-state index contributed by atoms with van der Waals surface area (Å²) in [5.74, 6) is -0.0113. The van der Waals surface area contributed by atoms with Gasteiger partial charge in [0, 0.05) is 18.7 Å². The van der Waals surface area contributed by atoms with Crippen LogP contribution in [0.3, 0.4) is 0 Å². The lowest BCUT2D eigenvalue weighted by Crippen LogP contribution is -2.31. The number of carbonyl (C=O) groups excluding carboxylic acids is 1. The van der Waals surface area contributed by atoms with Crippen molar-refractivity contribution in [3.8, 4) is 0 Å². The summed E-state index contributed by atoms with van der Waals surface area (Å²) in [6, 6.07) is 7.84. The Hall–Kier alpha value is -1.84. The summed E-state index contributed by atoms with van der Waals surface area (Å²) in [6.07, 6.45) is 11.3. The van der Waals surface area contributed by atoms with Crippen molar-refractivity contribution in [3.63, 3.8) is 0 Å². The third kappa shape index (κ3) is 13.1. The SMILES string of the molecule is CC(C)=CCCC(C)=CCCC(C)=Cc1ccc(C(=O)NCCN(C)C)cc1.Cl. The Morgan fingerprint density at radius 1 is 0.931 bits per heavy atom. The average Bonchev–Trinajstić information content (AvgIpc) is 2.61. The van der Waals surface area contributed by atoms with Crippen molar-refractivity contribution in [1.29, 1.82) is 0 Å². The maximum absolute atomic E-state index is 12.1. The number of benzene rings is 1. The molecule has 0 aliphatic carbocycles. The molecule has 0 fully saturated rings. The molecule has 0 aromatic heterocycles. The molecule has 3 nitrogen and oxygen atoms in total. The summed E-state index contributed by atoms with van der Waals surface area (Å²) < 4.78 is 0. The van der Waals surface area contributed by atoms with Crippen LogP contribution in [0.1, 0.15) is 69.3 Å². The Balaban J connectivity index is 0.00000784. The molecule has 0 bridgehead atoms. The van der Waals surface area contributed by atoms with E-state index in [4.69, 9.17) is 0 Å². The number of rotatable bonds is 11. The molecular formula is C25H39ClN2O. The van der Waals surface area contributed by atoms with Crippen molar-refractivity contribution in [1.82, 2.24) is 10.2 Å². The van der Waals surface area contributed by atoms with Gasteiger partial charge >= 0.3 is 0 Å². The molecule has 0 saturated heterocycles. The van der Waals surface area contributed by atoms with E-state index >= 15 is 0 Å². The molecule has 0 unspecified atom stereocenters. The molecule has 0 heterocycles. The molecule has 0 atom stereocenters. The van der Waals surface area contributed by atoms with E-state index in [2.05, 4.69) is 56.1 Å². The molecule has 0 aliphatic rings. The lowest BCUT2D eigenvalue weighted by molar-refractivity contribution is 0.0951. The highest BCUT2D eigenvalue weighted by Crippen LogP contribution is 2.15. The second-order valence-electron chi connectivity index (χ2n) is 8.08. The first kappa shape index (κ1) is 27.2. The highest BCUT2D eigenvalue weighted by molar-refractivity contribution is 5.94. The predicted octanol–water partition coefficient (Wildman–Crippen LogP) is 6.28. The number of carbonyl (C=O) groups is 1. The van der Waals surface area contributed by atoms with Crippen LogP contribution in [0.2, 0.25) is 0 Å². The van der Waals surface area contributed by atoms with Gasteiger partial charge < -0.3 is 10.2 Å². The second-order valence-corrected chi connectivity index (χ2v) is 8.08. The lowest BCUT2D eigenvalue weighted by Gasteiger charge is -2.10. The Labute approximate surface area is 184 Å². The topological polar surface area (TPSA) is 32.3 Å². The third-order valence-electron chi connectivity index (χ3n) is 4.55. The standard InChI is InChI=1S/C25H38N2O.ClH/c1-20(2)9-7-10-21(3)11-8-12-22(4)19-23-13-15-24(16-14-23)25(28)26-17-18-27(5)6;/h9,11,13-16,19H,7-8,10,12,17-18H2,1-6H3,(H,26,28);1H. The van der Waals surface area contributed by atoms with Crippen LogP contribution in [-0.4, -0.2) is 38.0 Å². The molecular weight excluding hydrogens is 380 g/mol.